The zero-order valence-corrected chi connectivity index (χ0v) is 16.6. The van der Waals surface area contributed by atoms with Crippen molar-refractivity contribution < 1.29 is 4.79 Å². The van der Waals surface area contributed by atoms with Gasteiger partial charge in [0.05, 0.1) is 13.2 Å². The maximum absolute atomic E-state index is 11.9. The summed E-state index contributed by atoms with van der Waals surface area (Å²) in [6.45, 7) is 7.35. The van der Waals surface area contributed by atoms with Crippen LogP contribution in [0.1, 0.15) is 20.8 Å². The highest BCUT2D eigenvalue weighted by Gasteiger charge is 2.14. The number of nitrogens with zero attached hydrogens (tertiary/aromatic N) is 4. The monoisotopic (exact) mass is 381 g/mol. The topological polar surface area (TPSA) is 55.1 Å². The molecule has 1 amide bonds. The van der Waals surface area contributed by atoms with Crippen molar-refractivity contribution in [2.45, 2.75) is 40.0 Å². The van der Waals surface area contributed by atoms with Crippen LogP contribution in [0.15, 0.2) is 24.3 Å². The number of hydrogen-bond acceptors (Lipinski definition) is 4. The summed E-state index contributed by atoms with van der Waals surface area (Å²) >= 11 is 11.5. The van der Waals surface area contributed by atoms with Gasteiger partial charge in [0.25, 0.3) is 0 Å². The van der Waals surface area contributed by atoms with Crippen LogP contribution >= 0.6 is 23.8 Å². The fourth-order valence-electron chi connectivity index (χ4n) is 2.52. The number of hydrogen-bond donors (Lipinski definition) is 1. The lowest BCUT2D eigenvalue weighted by atomic mass is 10.2. The second-order valence-corrected chi connectivity index (χ2v) is 7.04. The Labute approximate surface area is 158 Å². The molecule has 0 saturated heterocycles. The Morgan fingerprint density at radius 1 is 1.36 bits per heavy atom. The molecule has 0 unspecified atom stereocenters. The third-order valence-electron chi connectivity index (χ3n) is 3.58. The van der Waals surface area contributed by atoms with Crippen molar-refractivity contribution in [2.24, 2.45) is 0 Å². The summed E-state index contributed by atoms with van der Waals surface area (Å²) in [7, 11) is 1.87. The number of amides is 1. The molecule has 0 bridgehead atoms. The van der Waals surface area contributed by atoms with Gasteiger partial charge in [0.15, 0.2) is 10.6 Å². The van der Waals surface area contributed by atoms with Gasteiger partial charge in [-0.1, -0.05) is 11.6 Å². The van der Waals surface area contributed by atoms with Gasteiger partial charge in [-0.15, -0.1) is 0 Å². The molecule has 25 heavy (non-hydrogen) atoms. The van der Waals surface area contributed by atoms with E-state index >= 15 is 0 Å². The fraction of sp³-hybridized carbons (Fsp3) is 0.471. The second kappa shape index (κ2) is 8.60. The minimum Gasteiger partial charge on any atom is -0.353 e. The summed E-state index contributed by atoms with van der Waals surface area (Å²) in [5.74, 6) is 0.779. The molecule has 2 rings (SSSR count). The van der Waals surface area contributed by atoms with Crippen LogP contribution < -0.4 is 5.32 Å². The number of likely N-dealkylation sites (N-methyl/N-ethyl adjacent to an activating group) is 1. The molecule has 6 nitrogen and oxygen atoms in total. The Balaban J connectivity index is 2.20. The van der Waals surface area contributed by atoms with Crippen LogP contribution in [0.3, 0.4) is 0 Å². The van der Waals surface area contributed by atoms with Crippen molar-refractivity contribution in [1.29, 1.82) is 0 Å². The van der Waals surface area contributed by atoms with E-state index in [0.29, 0.717) is 23.0 Å². The number of carbonyl (C=O) groups is 1. The molecule has 0 saturated carbocycles. The molecule has 0 spiro atoms. The van der Waals surface area contributed by atoms with Crippen molar-refractivity contribution in [3.05, 3.63) is 34.1 Å². The lowest BCUT2D eigenvalue weighted by Gasteiger charge is -2.17. The molecule has 0 aliphatic heterocycles. The molecule has 0 fully saturated rings. The van der Waals surface area contributed by atoms with Crippen LogP contribution in [-0.4, -0.2) is 44.8 Å². The fourth-order valence-corrected chi connectivity index (χ4v) is 2.96. The van der Waals surface area contributed by atoms with Gasteiger partial charge in [-0.25, -0.2) is 4.68 Å². The van der Waals surface area contributed by atoms with E-state index < -0.39 is 0 Å². The molecule has 8 heteroatoms. The number of aromatic nitrogens is 3. The maximum atomic E-state index is 11.9. The van der Waals surface area contributed by atoms with E-state index in [9.17, 15) is 4.79 Å². The van der Waals surface area contributed by atoms with E-state index in [-0.39, 0.29) is 18.5 Å². The molecule has 0 aliphatic carbocycles. The first-order valence-electron chi connectivity index (χ1n) is 8.23. The summed E-state index contributed by atoms with van der Waals surface area (Å²) in [5, 5.41) is 8.21. The van der Waals surface area contributed by atoms with E-state index in [2.05, 4.69) is 10.4 Å². The summed E-state index contributed by atoms with van der Waals surface area (Å²) in [5.41, 5.74) is 0.955. The van der Waals surface area contributed by atoms with E-state index in [1.165, 1.54) is 0 Å². The van der Waals surface area contributed by atoms with Gasteiger partial charge in [-0.3, -0.25) is 9.69 Å². The number of benzene rings is 1. The molecule has 0 aliphatic rings. The van der Waals surface area contributed by atoms with Crippen LogP contribution in [-0.2, 0) is 18.0 Å². The summed E-state index contributed by atoms with van der Waals surface area (Å²) in [6.07, 6.45) is 0. The second-order valence-electron chi connectivity index (χ2n) is 6.23. The van der Waals surface area contributed by atoms with Gasteiger partial charge >= 0.3 is 0 Å². The Morgan fingerprint density at radius 3 is 2.56 bits per heavy atom. The van der Waals surface area contributed by atoms with Gasteiger partial charge in [-0.05, 0) is 64.3 Å². The minimum atomic E-state index is -0.0168. The van der Waals surface area contributed by atoms with Gasteiger partial charge in [0.1, 0.15) is 0 Å². The highest BCUT2D eigenvalue weighted by molar-refractivity contribution is 7.71. The van der Waals surface area contributed by atoms with E-state index in [0.717, 1.165) is 11.4 Å². The Kier molecular flexibility index (Phi) is 6.75. The van der Waals surface area contributed by atoms with Gasteiger partial charge in [0.2, 0.25) is 5.91 Å². The van der Waals surface area contributed by atoms with Crippen LogP contribution in [0.4, 0.5) is 0 Å². The lowest BCUT2D eigenvalue weighted by Crippen LogP contribution is -2.39. The van der Waals surface area contributed by atoms with Gasteiger partial charge < -0.3 is 9.88 Å². The lowest BCUT2D eigenvalue weighted by molar-refractivity contribution is -0.122. The Morgan fingerprint density at radius 2 is 2.00 bits per heavy atom. The Hall–Kier alpha value is -1.70. The first-order chi connectivity index (χ1) is 11.8. The first kappa shape index (κ1) is 19.6. The van der Waals surface area contributed by atoms with Crippen molar-refractivity contribution in [3.63, 3.8) is 0 Å². The van der Waals surface area contributed by atoms with Gasteiger partial charge in [0, 0.05) is 23.2 Å². The van der Waals surface area contributed by atoms with E-state index in [1.807, 2.05) is 61.6 Å². The minimum absolute atomic E-state index is 0.0168. The third kappa shape index (κ3) is 5.14. The molecular formula is C17H24ClN5OS. The van der Waals surface area contributed by atoms with Crippen LogP contribution in [0.5, 0.6) is 0 Å². The van der Waals surface area contributed by atoms with Crippen molar-refractivity contribution in [3.8, 4) is 11.4 Å². The van der Waals surface area contributed by atoms with Crippen LogP contribution in [0, 0.1) is 4.77 Å². The normalized spacial score (nSPS) is 11.3. The molecule has 2 aromatic rings. The SMILES string of the molecule is CCn1c(-c2ccc(Cl)cc2)nn(CN(C)CC(=O)NC(C)C)c1=S. The van der Waals surface area contributed by atoms with Crippen molar-refractivity contribution in [2.75, 3.05) is 13.6 Å². The summed E-state index contributed by atoms with van der Waals surface area (Å²) in [6, 6.07) is 7.65. The molecule has 1 aromatic heterocycles. The van der Waals surface area contributed by atoms with Crippen molar-refractivity contribution in [1.82, 2.24) is 24.6 Å². The standard InChI is InChI=1S/C17H24ClN5OS/c1-5-22-16(13-6-8-14(18)9-7-13)20-23(17(22)25)11-21(4)10-15(24)19-12(2)3/h6-9,12H,5,10-11H2,1-4H3,(H,19,24). The zero-order valence-electron chi connectivity index (χ0n) is 15.0. The van der Waals surface area contributed by atoms with Gasteiger partial charge in [-0.2, -0.15) is 5.10 Å². The van der Waals surface area contributed by atoms with Crippen LogP contribution in [0.25, 0.3) is 11.4 Å². The number of halogens is 1. The number of rotatable bonds is 7. The molecule has 0 radical (unpaired) electrons. The highest BCUT2D eigenvalue weighted by Crippen LogP contribution is 2.21. The predicted octanol–water partition coefficient (Wildman–Crippen LogP) is 3.17. The molecule has 1 N–H and O–H groups in total. The average molecular weight is 382 g/mol. The van der Waals surface area contributed by atoms with Crippen LogP contribution in [0.2, 0.25) is 5.02 Å². The molecule has 1 heterocycles. The molecule has 1 aromatic carbocycles. The molecule has 136 valence electrons. The number of nitrogens with one attached hydrogen (secondary N) is 1. The number of carbonyl (C=O) groups excluding carboxylic acids is 1. The quantitative estimate of drug-likeness (QED) is 0.748. The van der Waals surface area contributed by atoms with E-state index in [4.69, 9.17) is 23.8 Å². The largest absolute Gasteiger partial charge is 0.353 e. The Bertz CT molecular complexity index is 781. The van der Waals surface area contributed by atoms with E-state index in [1.54, 1.807) is 4.68 Å². The highest BCUT2D eigenvalue weighted by atomic mass is 35.5. The zero-order chi connectivity index (χ0) is 18.6. The summed E-state index contributed by atoms with van der Waals surface area (Å²) < 4.78 is 4.34. The predicted molar refractivity (Wildman–Crippen MR) is 103 cm³/mol. The smallest absolute Gasteiger partial charge is 0.234 e. The average Bonchev–Trinajstić information content (AvgIpc) is 2.83. The molecular weight excluding hydrogens is 358 g/mol. The maximum Gasteiger partial charge on any atom is 0.234 e. The third-order valence-corrected chi connectivity index (χ3v) is 4.26. The molecule has 0 atom stereocenters. The van der Waals surface area contributed by atoms with Crippen molar-refractivity contribution >= 4 is 29.7 Å². The first-order valence-corrected chi connectivity index (χ1v) is 9.02. The summed E-state index contributed by atoms with van der Waals surface area (Å²) in [4.78, 5) is 13.8.